The van der Waals surface area contributed by atoms with Gasteiger partial charge in [0, 0.05) is 6.54 Å². The van der Waals surface area contributed by atoms with Crippen molar-refractivity contribution in [2.75, 3.05) is 26.7 Å². The van der Waals surface area contributed by atoms with Gasteiger partial charge in [-0.3, -0.25) is 9.69 Å². The van der Waals surface area contributed by atoms with Crippen molar-refractivity contribution in [2.24, 2.45) is 11.7 Å². The second kappa shape index (κ2) is 11.4. The van der Waals surface area contributed by atoms with Gasteiger partial charge in [-0.1, -0.05) is 38.8 Å². The molecule has 6 heteroatoms. The Bertz CT molecular complexity index is 532. The molecule has 148 valence electrons. The van der Waals surface area contributed by atoms with Gasteiger partial charge in [-0.05, 0) is 49.5 Å². The lowest BCUT2D eigenvalue weighted by Crippen LogP contribution is -2.48. The van der Waals surface area contributed by atoms with E-state index in [1.54, 1.807) is 7.11 Å². The van der Waals surface area contributed by atoms with Crippen molar-refractivity contribution in [1.29, 1.82) is 0 Å². The van der Waals surface area contributed by atoms with Crippen LogP contribution >= 0.6 is 12.4 Å². The van der Waals surface area contributed by atoms with Gasteiger partial charge in [0.15, 0.2) is 0 Å². The first kappa shape index (κ1) is 22.7. The smallest absolute Gasteiger partial charge is 0.237 e. The molecule has 0 saturated carbocycles. The molecule has 2 rings (SSSR count). The Hall–Kier alpha value is -1.30. The van der Waals surface area contributed by atoms with Crippen molar-refractivity contribution in [2.45, 2.75) is 51.6 Å². The van der Waals surface area contributed by atoms with Crippen LogP contribution in [0.1, 0.15) is 51.1 Å². The predicted molar refractivity (Wildman–Crippen MR) is 109 cm³/mol. The minimum absolute atomic E-state index is 0. The minimum atomic E-state index is -0.442. The van der Waals surface area contributed by atoms with E-state index < -0.39 is 6.04 Å². The van der Waals surface area contributed by atoms with Crippen LogP contribution in [0.3, 0.4) is 0 Å². The van der Waals surface area contributed by atoms with E-state index in [1.165, 1.54) is 24.8 Å². The van der Waals surface area contributed by atoms with E-state index in [0.29, 0.717) is 6.54 Å². The summed E-state index contributed by atoms with van der Waals surface area (Å²) in [6.45, 7) is 6.82. The number of ether oxygens (including phenoxy) is 1. The first-order valence-electron chi connectivity index (χ1n) is 9.48. The largest absolute Gasteiger partial charge is 0.497 e. The van der Waals surface area contributed by atoms with E-state index in [1.807, 2.05) is 19.1 Å². The van der Waals surface area contributed by atoms with Gasteiger partial charge in [0.05, 0.1) is 19.2 Å². The van der Waals surface area contributed by atoms with Crippen molar-refractivity contribution >= 4 is 18.3 Å². The molecule has 1 amide bonds. The molecule has 1 aromatic carbocycles. The number of nitrogens with two attached hydrogens (primary N) is 1. The van der Waals surface area contributed by atoms with Gasteiger partial charge in [0.25, 0.3) is 0 Å². The molecule has 3 N–H and O–H groups in total. The molecular weight excluding hydrogens is 350 g/mol. The van der Waals surface area contributed by atoms with Crippen molar-refractivity contribution in [3.63, 3.8) is 0 Å². The molecule has 0 spiro atoms. The van der Waals surface area contributed by atoms with Crippen LogP contribution in [-0.2, 0) is 4.79 Å². The van der Waals surface area contributed by atoms with E-state index in [-0.39, 0.29) is 30.3 Å². The standard InChI is InChI=1S/C20H33N3O2.ClH/c1-4-15(2)19(21)20(24)22-14-18(23-12-6-5-7-13-23)16-8-10-17(25-3)11-9-16;/h8-11,15,18-19H,4-7,12-14,21H2,1-3H3,(H,22,24);1H. The zero-order valence-electron chi connectivity index (χ0n) is 16.2. The Labute approximate surface area is 164 Å². The third kappa shape index (κ3) is 6.15. The third-order valence-electron chi connectivity index (χ3n) is 5.36. The zero-order valence-corrected chi connectivity index (χ0v) is 17.1. The van der Waals surface area contributed by atoms with Crippen LogP contribution in [0.2, 0.25) is 0 Å². The maximum atomic E-state index is 12.4. The Balaban J connectivity index is 0.00000338. The number of nitrogens with zero attached hydrogens (tertiary/aromatic N) is 1. The van der Waals surface area contributed by atoms with Crippen LogP contribution in [0.15, 0.2) is 24.3 Å². The summed E-state index contributed by atoms with van der Waals surface area (Å²) in [5.74, 6) is 0.989. The summed E-state index contributed by atoms with van der Waals surface area (Å²) in [7, 11) is 1.67. The SMILES string of the molecule is CCC(C)C(N)C(=O)NCC(c1ccc(OC)cc1)N1CCCCC1.Cl. The van der Waals surface area contributed by atoms with Crippen molar-refractivity contribution in [1.82, 2.24) is 10.2 Å². The number of hydrogen-bond acceptors (Lipinski definition) is 4. The topological polar surface area (TPSA) is 67.6 Å². The molecule has 0 aliphatic carbocycles. The first-order chi connectivity index (χ1) is 12.1. The summed E-state index contributed by atoms with van der Waals surface area (Å²) in [6, 6.07) is 7.90. The quantitative estimate of drug-likeness (QED) is 0.723. The van der Waals surface area contributed by atoms with Crippen LogP contribution in [0.25, 0.3) is 0 Å². The molecule has 5 nitrogen and oxygen atoms in total. The highest BCUT2D eigenvalue weighted by atomic mass is 35.5. The molecule has 3 unspecified atom stereocenters. The van der Waals surface area contributed by atoms with Crippen LogP contribution in [0.4, 0.5) is 0 Å². The molecule has 0 aromatic heterocycles. The number of carbonyl (C=O) groups excluding carboxylic acids is 1. The van der Waals surface area contributed by atoms with Crippen LogP contribution in [0.5, 0.6) is 5.75 Å². The van der Waals surface area contributed by atoms with Crippen LogP contribution < -0.4 is 15.8 Å². The van der Waals surface area contributed by atoms with Crippen molar-refractivity contribution in [3.8, 4) is 5.75 Å². The molecule has 0 radical (unpaired) electrons. The normalized spacial score (nSPS) is 18.3. The predicted octanol–water partition coefficient (Wildman–Crippen LogP) is 3.13. The molecule has 3 atom stereocenters. The molecular formula is C20H34ClN3O2. The summed E-state index contributed by atoms with van der Waals surface area (Å²) in [4.78, 5) is 14.9. The Morgan fingerprint density at radius 2 is 1.85 bits per heavy atom. The summed E-state index contributed by atoms with van der Waals surface area (Å²) >= 11 is 0. The van der Waals surface area contributed by atoms with Gasteiger partial charge >= 0.3 is 0 Å². The summed E-state index contributed by atoms with van der Waals surface area (Å²) in [5, 5.41) is 3.09. The number of piperidine rings is 1. The Morgan fingerprint density at radius 3 is 2.38 bits per heavy atom. The number of nitrogens with one attached hydrogen (secondary N) is 1. The van der Waals surface area contributed by atoms with E-state index >= 15 is 0 Å². The van der Waals surface area contributed by atoms with Crippen molar-refractivity contribution < 1.29 is 9.53 Å². The fourth-order valence-electron chi connectivity index (χ4n) is 3.34. The summed E-state index contributed by atoms with van der Waals surface area (Å²) in [6.07, 6.45) is 4.62. The minimum Gasteiger partial charge on any atom is -0.497 e. The summed E-state index contributed by atoms with van der Waals surface area (Å²) in [5.41, 5.74) is 7.28. The average Bonchev–Trinajstić information content (AvgIpc) is 2.68. The molecule has 1 fully saturated rings. The van der Waals surface area contributed by atoms with Gasteiger partial charge in [-0.15, -0.1) is 12.4 Å². The number of methoxy groups -OCH3 is 1. The molecule has 1 aliphatic heterocycles. The molecule has 1 aromatic rings. The number of carbonyl (C=O) groups is 1. The van der Waals surface area contributed by atoms with Gasteiger partial charge in [0.1, 0.15) is 5.75 Å². The molecule has 26 heavy (non-hydrogen) atoms. The first-order valence-corrected chi connectivity index (χ1v) is 9.48. The molecule has 1 heterocycles. The Kier molecular flexibility index (Phi) is 9.99. The number of halogens is 1. The van der Waals surface area contributed by atoms with Gasteiger partial charge < -0.3 is 15.8 Å². The van der Waals surface area contributed by atoms with Gasteiger partial charge in [-0.25, -0.2) is 0 Å². The summed E-state index contributed by atoms with van der Waals surface area (Å²) < 4.78 is 5.26. The monoisotopic (exact) mass is 383 g/mol. The highest BCUT2D eigenvalue weighted by Gasteiger charge is 2.25. The van der Waals surface area contributed by atoms with E-state index in [2.05, 4.69) is 29.3 Å². The molecule has 1 saturated heterocycles. The fourth-order valence-corrected chi connectivity index (χ4v) is 3.34. The lowest BCUT2D eigenvalue weighted by Gasteiger charge is -2.35. The highest BCUT2D eigenvalue weighted by molar-refractivity contribution is 5.85. The van der Waals surface area contributed by atoms with Gasteiger partial charge in [0.2, 0.25) is 5.91 Å². The zero-order chi connectivity index (χ0) is 18.2. The number of amides is 1. The average molecular weight is 384 g/mol. The molecule has 0 bridgehead atoms. The highest BCUT2D eigenvalue weighted by Crippen LogP contribution is 2.26. The fraction of sp³-hybridized carbons (Fsp3) is 0.650. The van der Waals surface area contributed by atoms with E-state index in [9.17, 15) is 4.79 Å². The second-order valence-corrected chi connectivity index (χ2v) is 7.04. The number of rotatable bonds is 8. The maximum Gasteiger partial charge on any atom is 0.237 e. The van der Waals surface area contributed by atoms with E-state index in [4.69, 9.17) is 10.5 Å². The van der Waals surface area contributed by atoms with Crippen LogP contribution in [-0.4, -0.2) is 43.6 Å². The maximum absolute atomic E-state index is 12.4. The van der Waals surface area contributed by atoms with Gasteiger partial charge in [-0.2, -0.15) is 0 Å². The number of benzene rings is 1. The number of likely N-dealkylation sites (tertiary alicyclic amines) is 1. The van der Waals surface area contributed by atoms with E-state index in [0.717, 1.165) is 25.3 Å². The van der Waals surface area contributed by atoms with Crippen molar-refractivity contribution in [3.05, 3.63) is 29.8 Å². The van der Waals surface area contributed by atoms with Crippen LogP contribution in [0, 0.1) is 5.92 Å². The lowest BCUT2D eigenvalue weighted by molar-refractivity contribution is -0.123. The number of hydrogen-bond donors (Lipinski definition) is 2. The third-order valence-corrected chi connectivity index (χ3v) is 5.36. The second-order valence-electron chi connectivity index (χ2n) is 7.04. The molecule has 1 aliphatic rings. The Morgan fingerprint density at radius 1 is 1.23 bits per heavy atom. The lowest BCUT2D eigenvalue weighted by atomic mass is 9.98.